The molecule has 0 aromatic heterocycles. The third kappa shape index (κ3) is 6.45. The Morgan fingerprint density at radius 3 is 2.25 bits per heavy atom. The molecule has 0 heterocycles. The molecular weight excluding hydrogens is 368 g/mol. The predicted molar refractivity (Wildman–Crippen MR) is 120 cm³/mol. The van der Waals surface area contributed by atoms with Crippen LogP contribution in [0.5, 0.6) is 11.5 Å². The zero-order chi connectivity index (χ0) is 20.7. The van der Waals surface area contributed by atoms with Gasteiger partial charge in [-0.15, -0.1) is 0 Å². The number of carbonyl (C=O) groups is 1. The van der Waals surface area contributed by atoms with E-state index in [0.29, 0.717) is 0 Å². The second-order valence-corrected chi connectivity index (χ2v) is 7.93. The van der Waals surface area contributed by atoms with Crippen molar-refractivity contribution in [3.8, 4) is 11.5 Å². The Labute approximate surface area is 174 Å². The summed E-state index contributed by atoms with van der Waals surface area (Å²) in [5, 5.41) is 0. The summed E-state index contributed by atoms with van der Waals surface area (Å²) in [6.45, 7) is 10.2. The number of thiocarbonyl (C=S) groups is 1. The van der Waals surface area contributed by atoms with Crippen molar-refractivity contribution in [3.05, 3.63) is 53.6 Å². The number of hydrogen-bond donors (Lipinski definition) is 0. The molecule has 0 amide bonds. The van der Waals surface area contributed by atoms with Crippen molar-refractivity contribution in [2.75, 3.05) is 0 Å². The smallest absolute Gasteiger partial charge is 0.166 e. The summed E-state index contributed by atoms with van der Waals surface area (Å²) in [6, 6.07) is 4.03. The molecule has 0 aliphatic heterocycles. The van der Waals surface area contributed by atoms with Gasteiger partial charge < -0.3 is 9.47 Å². The Morgan fingerprint density at radius 1 is 1.07 bits per heavy atom. The lowest BCUT2D eigenvalue weighted by atomic mass is 9.97. The van der Waals surface area contributed by atoms with Crippen molar-refractivity contribution in [2.45, 2.75) is 59.7 Å². The highest BCUT2D eigenvalue weighted by atomic mass is 32.1. The number of ketones is 1. The largest absolute Gasteiger partial charge is 0.491 e. The van der Waals surface area contributed by atoms with Crippen LogP contribution in [-0.2, 0) is 11.2 Å². The molecule has 1 aromatic rings. The van der Waals surface area contributed by atoms with Crippen molar-refractivity contribution < 1.29 is 14.3 Å². The molecule has 1 aliphatic carbocycles. The molecule has 0 radical (unpaired) electrons. The van der Waals surface area contributed by atoms with E-state index in [9.17, 15) is 4.79 Å². The molecule has 3 nitrogen and oxygen atoms in total. The monoisotopic (exact) mass is 398 g/mol. The number of benzene rings is 1. The van der Waals surface area contributed by atoms with Crippen LogP contribution in [0.4, 0.5) is 0 Å². The first kappa shape index (κ1) is 22.1. The second-order valence-electron chi connectivity index (χ2n) is 7.46. The molecule has 0 unspecified atom stereocenters. The fourth-order valence-electron chi connectivity index (χ4n) is 2.93. The van der Waals surface area contributed by atoms with E-state index in [0.717, 1.165) is 40.3 Å². The van der Waals surface area contributed by atoms with Crippen molar-refractivity contribution >= 4 is 28.9 Å². The van der Waals surface area contributed by atoms with Crippen molar-refractivity contribution in [2.24, 2.45) is 5.92 Å². The van der Waals surface area contributed by atoms with E-state index in [-0.39, 0.29) is 23.9 Å². The minimum Gasteiger partial charge on any atom is -0.491 e. The molecule has 4 heteroatoms. The van der Waals surface area contributed by atoms with Gasteiger partial charge >= 0.3 is 0 Å². The molecule has 28 heavy (non-hydrogen) atoms. The summed E-state index contributed by atoms with van der Waals surface area (Å²) in [6.07, 6.45) is 12.8. The number of allylic oxidation sites excluding steroid dienone is 5. The van der Waals surface area contributed by atoms with Gasteiger partial charge in [-0.25, -0.2) is 0 Å². The summed E-state index contributed by atoms with van der Waals surface area (Å²) in [4.78, 5) is 13.3. The number of carbonyl (C=O) groups excluding carboxylic acids is 1. The molecule has 0 N–H and O–H groups in total. The van der Waals surface area contributed by atoms with Gasteiger partial charge in [-0.05, 0) is 70.0 Å². The van der Waals surface area contributed by atoms with Crippen LogP contribution in [0.25, 0.3) is 6.08 Å². The van der Waals surface area contributed by atoms with E-state index in [1.165, 1.54) is 0 Å². The predicted octanol–water partition coefficient (Wildman–Crippen LogP) is 5.91. The van der Waals surface area contributed by atoms with Gasteiger partial charge in [0.15, 0.2) is 5.78 Å². The molecule has 0 atom stereocenters. The quantitative estimate of drug-likeness (QED) is 0.383. The fraction of sp³-hybridized carbons (Fsp3) is 0.417. The van der Waals surface area contributed by atoms with Gasteiger partial charge in [0, 0.05) is 16.5 Å². The first-order valence-electron chi connectivity index (χ1n) is 9.92. The highest BCUT2D eigenvalue weighted by Crippen LogP contribution is 2.33. The van der Waals surface area contributed by atoms with Crippen molar-refractivity contribution in [1.29, 1.82) is 0 Å². The maximum Gasteiger partial charge on any atom is 0.166 e. The maximum atomic E-state index is 12.5. The summed E-state index contributed by atoms with van der Waals surface area (Å²) < 4.78 is 12.0. The van der Waals surface area contributed by atoms with E-state index in [4.69, 9.17) is 21.7 Å². The molecule has 1 aromatic carbocycles. The van der Waals surface area contributed by atoms with Gasteiger partial charge in [-0.3, -0.25) is 4.79 Å². The lowest BCUT2D eigenvalue weighted by Gasteiger charge is -2.19. The van der Waals surface area contributed by atoms with Gasteiger partial charge in [-0.1, -0.05) is 37.7 Å². The molecule has 0 spiro atoms. The Balaban J connectivity index is 2.35. The molecule has 0 bridgehead atoms. The van der Waals surface area contributed by atoms with Gasteiger partial charge in [-0.2, -0.15) is 0 Å². The van der Waals surface area contributed by atoms with Gasteiger partial charge in [0.2, 0.25) is 0 Å². The highest BCUT2D eigenvalue weighted by Gasteiger charge is 2.15. The van der Waals surface area contributed by atoms with Crippen LogP contribution in [0.1, 0.15) is 52.2 Å². The minimum atomic E-state index is -0.268. The molecule has 0 saturated heterocycles. The normalized spacial score (nSPS) is 14.5. The van der Waals surface area contributed by atoms with Gasteiger partial charge in [0.25, 0.3) is 0 Å². The van der Waals surface area contributed by atoms with Crippen molar-refractivity contribution in [3.63, 3.8) is 0 Å². The van der Waals surface area contributed by atoms with Crippen LogP contribution in [0, 0.1) is 5.92 Å². The second kappa shape index (κ2) is 10.4. The maximum absolute atomic E-state index is 12.5. The standard InChI is InChI=1S/C24H30O3S/c1-6-7-19-14-20(10-13-22(25)18-8-11-21(28)12-9-18)24(27-17(4)5)15-23(19)26-16(2)3/h8-18H,6-7H2,1-5H3/b13-10+. The zero-order valence-electron chi connectivity index (χ0n) is 17.4. The van der Waals surface area contributed by atoms with E-state index < -0.39 is 0 Å². The van der Waals surface area contributed by atoms with Gasteiger partial charge in [0.05, 0.1) is 18.1 Å². The number of rotatable bonds is 9. The molecule has 150 valence electrons. The molecule has 1 aliphatic rings. The average molecular weight is 399 g/mol. The number of aryl methyl sites for hydroxylation is 1. The van der Waals surface area contributed by atoms with Crippen LogP contribution in [0.2, 0.25) is 0 Å². The first-order valence-corrected chi connectivity index (χ1v) is 10.3. The fourth-order valence-corrected chi connectivity index (χ4v) is 3.09. The zero-order valence-corrected chi connectivity index (χ0v) is 18.2. The van der Waals surface area contributed by atoms with Crippen LogP contribution in [0.15, 0.2) is 42.5 Å². The average Bonchev–Trinajstić information content (AvgIpc) is 2.62. The topological polar surface area (TPSA) is 35.5 Å². The van der Waals surface area contributed by atoms with Crippen LogP contribution < -0.4 is 9.47 Å². The molecular formula is C24H30O3S. The van der Waals surface area contributed by atoms with E-state index >= 15 is 0 Å². The van der Waals surface area contributed by atoms with Crippen LogP contribution in [-0.4, -0.2) is 22.9 Å². The van der Waals surface area contributed by atoms with E-state index in [1.807, 2.05) is 52.0 Å². The molecule has 0 fully saturated rings. The summed E-state index contributed by atoms with van der Waals surface area (Å²) in [5.41, 5.74) is 2.02. The molecule has 2 rings (SSSR count). The summed E-state index contributed by atoms with van der Waals surface area (Å²) in [5.74, 6) is 1.33. The Kier molecular flexibility index (Phi) is 8.18. The van der Waals surface area contributed by atoms with Crippen molar-refractivity contribution in [1.82, 2.24) is 0 Å². The van der Waals surface area contributed by atoms with E-state index in [1.54, 1.807) is 18.2 Å². The first-order chi connectivity index (χ1) is 13.3. The number of hydrogen-bond acceptors (Lipinski definition) is 4. The third-order valence-corrected chi connectivity index (χ3v) is 4.40. The lowest BCUT2D eigenvalue weighted by Crippen LogP contribution is -2.11. The van der Waals surface area contributed by atoms with Gasteiger partial charge in [0.1, 0.15) is 11.5 Å². The Bertz CT molecular complexity index is 784. The third-order valence-electron chi connectivity index (χ3n) is 4.13. The van der Waals surface area contributed by atoms with Crippen LogP contribution >= 0.6 is 12.2 Å². The summed E-state index contributed by atoms with van der Waals surface area (Å²) >= 11 is 5.09. The Hall–Kier alpha value is -2.20. The number of ether oxygens (including phenoxy) is 2. The highest BCUT2D eigenvalue weighted by molar-refractivity contribution is 7.81. The molecule has 0 saturated carbocycles. The lowest BCUT2D eigenvalue weighted by molar-refractivity contribution is -0.115. The summed E-state index contributed by atoms with van der Waals surface area (Å²) in [7, 11) is 0. The Morgan fingerprint density at radius 2 is 1.68 bits per heavy atom. The van der Waals surface area contributed by atoms with Crippen LogP contribution in [0.3, 0.4) is 0 Å². The SMILES string of the molecule is CCCc1cc(/C=C/C(=O)C2C=CC(=S)C=C2)c(OC(C)C)cc1OC(C)C. The van der Waals surface area contributed by atoms with E-state index in [2.05, 4.69) is 13.0 Å². The minimum absolute atomic E-state index is 0.0186.